The number of nitrogens with zero attached hydrogens (tertiary/aromatic N) is 1. The van der Waals surface area contributed by atoms with Crippen molar-refractivity contribution >= 4 is 35.2 Å². The molecule has 0 spiro atoms. The van der Waals surface area contributed by atoms with Crippen molar-refractivity contribution in [3.8, 4) is 0 Å². The number of halogens is 2. The second-order valence-corrected chi connectivity index (χ2v) is 7.42. The molecule has 124 valence electrons. The molecule has 3 nitrogen and oxygen atoms in total. The molecule has 1 amide bonds. The van der Waals surface area contributed by atoms with Gasteiger partial charge in [-0.05, 0) is 43.0 Å². The number of fused-ring (bicyclic) bond motifs is 1. The Morgan fingerprint density at radius 1 is 1.30 bits per heavy atom. The molecule has 0 radical (unpaired) electrons. The Labute approximate surface area is 146 Å². The minimum atomic E-state index is -0.557. The first kappa shape index (κ1) is 16.8. The average molecular weight is 354 g/mol. The van der Waals surface area contributed by atoms with Crippen LogP contribution >= 0.6 is 23.2 Å². The third-order valence-electron chi connectivity index (χ3n) is 5.11. The maximum atomic E-state index is 12.4. The monoisotopic (exact) mass is 353 g/mol. The van der Waals surface area contributed by atoms with E-state index in [1.165, 1.54) is 0 Å². The van der Waals surface area contributed by atoms with Crippen molar-refractivity contribution in [2.75, 3.05) is 13.1 Å². The van der Waals surface area contributed by atoms with E-state index in [-0.39, 0.29) is 11.8 Å². The van der Waals surface area contributed by atoms with Crippen LogP contribution in [0.4, 0.5) is 0 Å². The SMILES string of the molecule is O=C(/C=C/c1ccc(Cl)cc1Cl)N1CC[C@@]2(O)CCCC[C@H]2C1. The van der Waals surface area contributed by atoms with Crippen LogP contribution in [0.5, 0.6) is 0 Å². The molecule has 0 aromatic heterocycles. The van der Waals surface area contributed by atoms with Crippen LogP contribution in [0.25, 0.3) is 6.08 Å². The number of amides is 1. The highest BCUT2D eigenvalue weighted by molar-refractivity contribution is 6.35. The smallest absolute Gasteiger partial charge is 0.246 e. The first-order valence-corrected chi connectivity index (χ1v) is 8.88. The van der Waals surface area contributed by atoms with Crippen molar-refractivity contribution in [1.29, 1.82) is 0 Å². The van der Waals surface area contributed by atoms with Gasteiger partial charge in [0.25, 0.3) is 0 Å². The zero-order chi connectivity index (χ0) is 16.4. The summed E-state index contributed by atoms with van der Waals surface area (Å²) in [6, 6.07) is 5.21. The summed E-state index contributed by atoms with van der Waals surface area (Å²) < 4.78 is 0. The van der Waals surface area contributed by atoms with E-state index in [2.05, 4.69) is 0 Å². The molecule has 1 N–H and O–H groups in total. The Bertz CT molecular complexity index is 631. The predicted molar refractivity (Wildman–Crippen MR) is 93.6 cm³/mol. The Morgan fingerprint density at radius 3 is 2.91 bits per heavy atom. The quantitative estimate of drug-likeness (QED) is 0.811. The molecule has 1 aromatic carbocycles. The number of hydrogen-bond donors (Lipinski definition) is 1. The molecule has 3 rings (SSSR count). The van der Waals surface area contributed by atoms with Gasteiger partial charge in [0.2, 0.25) is 5.91 Å². The third kappa shape index (κ3) is 3.73. The van der Waals surface area contributed by atoms with Crippen molar-refractivity contribution < 1.29 is 9.90 Å². The lowest BCUT2D eigenvalue weighted by molar-refractivity contribution is -0.138. The summed E-state index contributed by atoms with van der Waals surface area (Å²) >= 11 is 12.0. The summed E-state index contributed by atoms with van der Waals surface area (Å²) in [5, 5.41) is 11.8. The zero-order valence-electron chi connectivity index (χ0n) is 13.0. The van der Waals surface area contributed by atoms with Crippen LogP contribution < -0.4 is 0 Å². The zero-order valence-corrected chi connectivity index (χ0v) is 14.5. The maximum Gasteiger partial charge on any atom is 0.246 e. The van der Waals surface area contributed by atoms with Crippen molar-refractivity contribution in [2.24, 2.45) is 5.92 Å². The molecular weight excluding hydrogens is 333 g/mol. The van der Waals surface area contributed by atoms with E-state index < -0.39 is 5.60 Å². The normalized spacial score (nSPS) is 28.0. The Morgan fingerprint density at radius 2 is 2.13 bits per heavy atom. The summed E-state index contributed by atoms with van der Waals surface area (Å²) in [7, 11) is 0. The largest absolute Gasteiger partial charge is 0.389 e. The van der Waals surface area contributed by atoms with E-state index in [0.717, 1.165) is 31.2 Å². The topological polar surface area (TPSA) is 40.5 Å². The van der Waals surface area contributed by atoms with Gasteiger partial charge in [-0.15, -0.1) is 0 Å². The Balaban J connectivity index is 1.65. The molecule has 1 aromatic rings. The molecule has 1 aliphatic heterocycles. The third-order valence-corrected chi connectivity index (χ3v) is 5.67. The van der Waals surface area contributed by atoms with Gasteiger partial charge in [-0.1, -0.05) is 42.1 Å². The molecule has 23 heavy (non-hydrogen) atoms. The van der Waals surface area contributed by atoms with E-state index in [0.29, 0.717) is 29.6 Å². The van der Waals surface area contributed by atoms with E-state index in [1.807, 2.05) is 4.90 Å². The van der Waals surface area contributed by atoms with Gasteiger partial charge in [0.15, 0.2) is 0 Å². The number of aliphatic hydroxyl groups is 1. The lowest BCUT2D eigenvalue weighted by Crippen LogP contribution is -2.54. The number of carbonyl (C=O) groups is 1. The van der Waals surface area contributed by atoms with Crippen molar-refractivity contribution in [3.63, 3.8) is 0 Å². The van der Waals surface area contributed by atoms with Crippen molar-refractivity contribution in [2.45, 2.75) is 37.7 Å². The number of piperidine rings is 1. The minimum absolute atomic E-state index is 0.0244. The lowest BCUT2D eigenvalue weighted by atomic mass is 9.71. The van der Waals surface area contributed by atoms with Gasteiger partial charge in [-0.3, -0.25) is 4.79 Å². The molecule has 2 aliphatic rings. The molecule has 2 fully saturated rings. The number of benzene rings is 1. The molecule has 2 atom stereocenters. The Hall–Kier alpha value is -1.03. The van der Waals surface area contributed by atoms with Crippen LogP contribution in [0, 0.1) is 5.92 Å². The highest BCUT2D eigenvalue weighted by Crippen LogP contribution is 2.39. The van der Waals surface area contributed by atoms with Crippen molar-refractivity contribution in [1.82, 2.24) is 4.90 Å². The highest BCUT2D eigenvalue weighted by atomic mass is 35.5. The van der Waals surface area contributed by atoms with E-state index in [4.69, 9.17) is 23.2 Å². The van der Waals surface area contributed by atoms with Crippen LogP contribution in [0.2, 0.25) is 10.0 Å². The fourth-order valence-electron chi connectivity index (χ4n) is 3.67. The molecule has 1 aliphatic carbocycles. The van der Waals surface area contributed by atoms with Crippen LogP contribution in [0.3, 0.4) is 0 Å². The number of carbonyl (C=O) groups excluding carboxylic acids is 1. The summed E-state index contributed by atoms with van der Waals surface area (Å²) in [6.45, 7) is 1.26. The number of likely N-dealkylation sites (tertiary alicyclic amines) is 1. The Kier molecular flexibility index (Phi) is 5.00. The standard InChI is InChI=1S/C18H21Cl2NO2/c19-15-6-4-13(16(20)11-15)5-7-17(22)21-10-9-18(23)8-2-1-3-14(18)12-21/h4-7,11,14,23H,1-3,8-10,12H2/b7-5+/t14-,18-/m0/s1. The van der Waals surface area contributed by atoms with Crippen LogP contribution in [0.1, 0.15) is 37.7 Å². The first-order chi connectivity index (χ1) is 11.0. The average Bonchev–Trinajstić information content (AvgIpc) is 2.53. The van der Waals surface area contributed by atoms with Gasteiger partial charge >= 0.3 is 0 Å². The van der Waals surface area contributed by atoms with Gasteiger partial charge in [0.05, 0.1) is 5.60 Å². The van der Waals surface area contributed by atoms with E-state index in [1.54, 1.807) is 30.4 Å². The van der Waals surface area contributed by atoms with Crippen LogP contribution in [-0.4, -0.2) is 34.6 Å². The van der Waals surface area contributed by atoms with E-state index in [9.17, 15) is 9.90 Å². The molecule has 1 heterocycles. The fourth-order valence-corrected chi connectivity index (χ4v) is 4.15. The summed E-state index contributed by atoms with van der Waals surface area (Å²) in [5.41, 5.74) is 0.216. The van der Waals surface area contributed by atoms with Crippen LogP contribution in [0.15, 0.2) is 24.3 Å². The predicted octanol–water partition coefficient (Wildman–Crippen LogP) is 4.16. The molecule has 0 bridgehead atoms. The van der Waals surface area contributed by atoms with Gasteiger partial charge in [-0.2, -0.15) is 0 Å². The second kappa shape index (κ2) is 6.84. The molecule has 5 heteroatoms. The van der Waals surface area contributed by atoms with Crippen LogP contribution in [-0.2, 0) is 4.79 Å². The van der Waals surface area contributed by atoms with Gasteiger partial charge < -0.3 is 10.0 Å². The van der Waals surface area contributed by atoms with Crippen molar-refractivity contribution in [3.05, 3.63) is 39.9 Å². The second-order valence-electron chi connectivity index (χ2n) is 6.58. The minimum Gasteiger partial charge on any atom is -0.389 e. The molecular formula is C18H21Cl2NO2. The summed E-state index contributed by atoms with van der Waals surface area (Å²) in [6.07, 6.45) is 8.08. The molecule has 0 unspecified atom stereocenters. The fraction of sp³-hybridized carbons (Fsp3) is 0.500. The van der Waals surface area contributed by atoms with Gasteiger partial charge in [-0.25, -0.2) is 0 Å². The number of rotatable bonds is 2. The maximum absolute atomic E-state index is 12.4. The van der Waals surface area contributed by atoms with E-state index >= 15 is 0 Å². The molecule has 1 saturated heterocycles. The van der Waals surface area contributed by atoms with Gasteiger partial charge in [0.1, 0.15) is 0 Å². The first-order valence-electron chi connectivity index (χ1n) is 8.12. The highest BCUT2D eigenvalue weighted by Gasteiger charge is 2.43. The molecule has 1 saturated carbocycles. The van der Waals surface area contributed by atoms with Gasteiger partial charge in [0, 0.05) is 35.1 Å². The summed E-state index contributed by atoms with van der Waals surface area (Å²) in [5.74, 6) is 0.185. The number of hydrogen-bond acceptors (Lipinski definition) is 2. The summed E-state index contributed by atoms with van der Waals surface area (Å²) in [4.78, 5) is 14.3. The lowest BCUT2D eigenvalue weighted by Gasteiger charge is -2.47.